The van der Waals surface area contributed by atoms with Crippen molar-refractivity contribution in [3.05, 3.63) is 0 Å². The number of carboxylic acids is 1. The van der Waals surface area contributed by atoms with Crippen molar-refractivity contribution in [2.75, 3.05) is 39.0 Å². The molecular formula is C16H27N3O5S. The van der Waals surface area contributed by atoms with Crippen LogP contribution in [0.4, 0.5) is 4.79 Å². The monoisotopic (exact) mass is 373 g/mol. The van der Waals surface area contributed by atoms with E-state index in [9.17, 15) is 23.1 Å². The predicted octanol–water partition coefficient (Wildman–Crippen LogP) is 0.554. The van der Waals surface area contributed by atoms with Crippen LogP contribution in [0.15, 0.2) is 0 Å². The van der Waals surface area contributed by atoms with Crippen LogP contribution in [0, 0.1) is 17.3 Å². The van der Waals surface area contributed by atoms with Crippen LogP contribution >= 0.6 is 0 Å². The molecule has 142 valence electrons. The van der Waals surface area contributed by atoms with Gasteiger partial charge in [-0.2, -0.15) is 0 Å². The Morgan fingerprint density at radius 3 is 2.48 bits per heavy atom. The van der Waals surface area contributed by atoms with Crippen molar-refractivity contribution in [2.45, 2.75) is 32.1 Å². The largest absolute Gasteiger partial charge is 0.481 e. The Morgan fingerprint density at radius 1 is 1.24 bits per heavy atom. The van der Waals surface area contributed by atoms with Gasteiger partial charge in [0.05, 0.1) is 11.7 Å². The molecule has 0 radical (unpaired) electrons. The number of hydrogen-bond donors (Lipinski definition) is 2. The number of hydrogen-bond acceptors (Lipinski definition) is 4. The van der Waals surface area contributed by atoms with Gasteiger partial charge in [-0.25, -0.2) is 17.5 Å². The highest BCUT2D eigenvalue weighted by Crippen LogP contribution is 2.48. The number of carbonyl (C=O) groups excluding carboxylic acids is 1. The lowest BCUT2D eigenvalue weighted by molar-refractivity contribution is -0.149. The highest BCUT2D eigenvalue weighted by Gasteiger charge is 2.55. The molecule has 0 aromatic rings. The van der Waals surface area contributed by atoms with Crippen molar-refractivity contribution in [1.82, 2.24) is 14.5 Å². The number of fused-ring (bicyclic) bond motifs is 1. The second-order valence-electron chi connectivity index (χ2n) is 7.72. The molecule has 2 saturated heterocycles. The lowest BCUT2D eigenvalue weighted by Crippen LogP contribution is -2.45. The zero-order valence-electron chi connectivity index (χ0n) is 14.6. The summed E-state index contributed by atoms with van der Waals surface area (Å²) in [5, 5.41) is 12.5. The SMILES string of the molecule is CS(=O)(=O)N1CCC(CNC(=O)N2C[C@@H]3CCC[C@@]3(C(=O)O)C2)CC1. The second kappa shape index (κ2) is 6.75. The van der Waals surface area contributed by atoms with Gasteiger partial charge >= 0.3 is 12.0 Å². The maximum atomic E-state index is 12.4. The third kappa shape index (κ3) is 3.62. The van der Waals surface area contributed by atoms with Crippen LogP contribution in [0.3, 0.4) is 0 Å². The van der Waals surface area contributed by atoms with E-state index in [2.05, 4.69) is 5.32 Å². The normalized spacial score (nSPS) is 31.1. The van der Waals surface area contributed by atoms with Gasteiger partial charge in [0.2, 0.25) is 10.0 Å². The number of carboxylic acid groups (broad SMARTS) is 1. The van der Waals surface area contributed by atoms with Gasteiger partial charge in [0.25, 0.3) is 0 Å². The molecule has 0 unspecified atom stereocenters. The second-order valence-corrected chi connectivity index (χ2v) is 9.70. The highest BCUT2D eigenvalue weighted by atomic mass is 32.2. The number of likely N-dealkylation sites (tertiary alicyclic amines) is 1. The number of amides is 2. The lowest BCUT2D eigenvalue weighted by Gasteiger charge is -2.30. The Bertz CT molecular complexity index is 644. The first-order chi connectivity index (χ1) is 11.7. The molecular weight excluding hydrogens is 346 g/mol. The van der Waals surface area contributed by atoms with Gasteiger partial charge in [0.15, 0.2) is 0 Å². The van der Waals surface area contributed by atoms with E-state index in [1.807, 2.05) is 0 Å². The third-order valence-electron chi connectivity index (χ3n) is 6.17. The first-order valence-corrected chi connectivity index (χ1v) is 10.8. The molecule has 2 atom stereocenters. The fraction of sp³-hybridized carbons (Fsp3) is 0.875. The van der Waals surface area contributed by atoms with Crippen LogP contribution in [0.5, 0.6) is 0 Å². The minimum absolute atomic E-state index is 0.0637. The number of sulfonamides is 1. The minimum atomic E-state index is -3.14. The van der Waals surface area contributed by atoms with Crippen LogP contribution in [-0.2, 0) is 14.8 Å². The molecule has 3 fully saturated rings. The molecule has 2 amide bonds. The summed E-state index contributed by atoms with van der Waals surface area (Å²) in [6.45, 7) is 2.31. The number of nitrogens with zero attached hydrogens (tertiary/aromatic N) is 2. The van der Waals surface area contributed by atoms with Crippen LogP contribution in [-0.4, -0.2) is 73.7 Å². The van der Waals surface area contributed by atoms with E-state index in [1.165, 1.54) is 10.6 Å². The predicted molar refractivity (Wildman–Crippen MR) is 91.5 cm³/mol. The molecule has 8 nitrogen and oxygen atoms in total. The Hall–Kier alpha value is -1.35. The molecule has 1 aliphatic carbocycles. The summed E-state index contributed by atoms with van der Waals surface area (Å²) in [4.78, 5) is 25.7. The number of urea groups is 1. The zero-order chi connectivity index (χ0) is 18.2. The maximum absolute atomic E-state index is 12.4. The first kappa shape index (κ1) is 18.4. The van der Waals surface area contributed by atoms with Gasteiger partial charge in [-0.3, -0.25) is 4.79 Å². The molecule has 0 spiro atoms. The van der Waals surface area contributed by atoms with Gasteiger partial charge < -0.3 is 15.3 Å². The fourth-order valence-electron chi connectivity index (χ4n) is 4.58. The molecule has 3 rings (SSSR count). The summed E-state index contributed by atoms with van der Waals surface area (Å²) in [6, 6.07) is -0.194. The molecule has 9 heteroatoms. The number of piperidine rings is 1. The van der Waals surface area contributed by atoms with E-state index < -0.39 is 21.4 Å². The molecule has 2 heterocycles. The number of rotatable bonds is 4. The molecule has 0 aromatic heterocycles. The molecule has 0 aromatic carbocycles. The number of nitrogens with one attached hydrogen (secondary N) is 1. The van der Waals surface area contributed by atoms with E-state index in [4.69, 9.17) is 0 Å². The van der Waals surface area contributed by atoms with Gasteiger partial charge in [0.1, 0.15) is 0 Å². The maximum Gasteiger partial charge on any atom is 0.317 e. The Balaban J connectivity index is 1.47. The van der Waals surface area contributed by atoms with Crippen molar-refractivity contribution in [2.24, 2.45) is 17.3 Å². The quantitative estimate of drug-likeness (QED) is 0.749. The van der Waals surface area contributed by atoms with Crippen molar-refractivity contribution >= 4 is 22.0 Å². The zero-order valence-corrected chi connectivity index (χ0v) is 15.4. The van der Waals surface area contributed by atoms with Crippen LogP contribution < -0.4 is 5.32 Å². The third-order valence-corrected chi connectivity index (χ3v) is 7.47. The molecule has 2 aliphatic heterocycles. The Kier molecular flexibility index (Phi) is 4.98. The summed E-state index contributed by atoms with van der Waals surface area (Å²) in [7, 11) is -3.14. The summed E-state index contributed by atoms with van der Waals surface area (Å²) < 4.78 is 24.5. The standard InChI is InChI=1S/C16H27N3O5S/c1-25(23,24)19-7-4-12(5-8-19)9-17-15(22)18-10-13-3-2-6-16(13,11-18)14(20)21/h12-13H,2-11H2,1H3,(H,17,22)(H,20,21)/t13-,16+/m0/s1. The first-order valence-electron chi connectivity index (χ1n) is 8.94. The minimum Gasteiger partial charge on any atom is -0.481 e. The van der Waals surface area contributed by atoms with Crippen molar-refractivity contribution in [3.8, 4) is 0 Å². The van der Waals surface area contributed by atoms with Crippen LogP contribution in [0.1, 0.15) is 32.1 Å². The van der Waals surface area contributed by atoms with Crippen LogP contribution in [0.25, 0.3) is 0 Å². The summed E-state index contributed by atoms with van der Waals surface area (Å²) in [6.07, 6.45) is 5.13. The van der Waals surface area contributed by atoms with Gasteiger partial charge in [-0.15, -0.1) is 0 Å². The molecule has 2 N–H and O–H groups in total. The fourth-order valence-corrected chi connectivity index (χ4v) is 5.46. The van der Waals surface area contributed by atoms with Crippen molar-refractivity contribution in [3.63, 3.8) is 0 Å². The summed E-state index contributed by atoms with van der Waals surface area (Å²) >= 11 is 0. The van der Waals surface area contributed by atoms with Crippen LogP contribution in [0.2, 0.25) is 0 Å². The molecule has 0 bridgehead atoms. The average Bonchev–Trinajstić information content (AvgIpc) is 3.10. The average molecular weight is 373 g/mol. The van der Waals surface area contributed by atoms with E-state index >= 15 is 0 Å². The van der Waals surface area contributed by atoms with Gasteiger partial charge in [0, 0.05) is 32.7 Å². The Labute approximate surface area is 148 Å². The lowest BCUT2D eigenvalue weighted by atomic mass is 9.81. The number of carbonyl (C=O) groups is 2. The summed E-state index contributed by atoms with van der Waals surface area (Å²) in [5.74, 6) is -0.454. The van der Waals surface area contributed by atoms with E-state index in [0.717, 1.165) is 25.7 Å². The van der Waals surface area contributed by atoms with E-state index in [-0.39, 0.29) is 17.9 Å². The van der Waals surface area contributed by atoms with E-state index in [0.29, 0.717) is 39.1 Å². The smallest absolute Gasteiger partial charge is 0.317 e. The highest BCUT2D eigenvalue weighted by molar-refractivity contribution is 7.88. The van der Waals surface area contributed by atoms with Gasteiger partial charge in [-0.05, 0) is 37.5 Å². The van der Waals surface area contributed by atoms with E-state index in [1.54, 1.807) is 4.90 Å². The Morgan fingerprint density at radius 2 is 1.92 bits per heavy atom. The molecule has 25 heavy (non-hydrogen) atoms. The van der Waals surface area contributed by atoms with Crippen molar-refractivity contribution < 1.29 is 23.1 Å². The topological polar surface area (TPSA) is 107 Å². The van der Waals surface area contributed by atoms with Crippen molar-refractivity contribution in [1.29, 1.82) is 0 Å². The number of aliphatic carboxylic acids is 1. The molecule has 1 saturated carbocycles. The van der Waals surface area contributed by atoms with Gasteiger partial charge in [-0.1, -0.05) is 6.42 Å². The molecule has 3 aliphatic rings. The summed E-state index contributed by atoms with van der Waals surface area (Å²) in [5.41, 5.74) is -0.752.